The lowest BCUT2D eigenvalue weighted by molar-refractivity contribution is -0.192. The van der Waals surface area contributed by atoms with Crippen LogP contribution in [0.2, 0.25) is 0 Å². The molecule has 3 heterocycles. The van der Waals surface area contributed by atoms with Gasteiger partial charge in [0.15, 0.2) is 0 Å². The number of hydrogen-bond donors (Lipinski definition) is 1. The number of alkyl halides is 3. The van der Waals surface area contributed by atoms with Gasteiger partial charge in [-0.25, -0.2) is 4.79 Å². The highest BCUT2D eigenvalue weighted by molar-refractivity contribution is 5.95. The van der Waals surface area contributed by atoms with Crippen molar-refractivity contribution < 1.29 is 46.8 Å². The van der Waals surface area contributed by atoms with E-state index >= 15 is 0 Å². The number of halogens is 3. The van der Waals surface area contributed by atoms with Gasteiger partial charge >= 0.3 is 12.1 Å². The molecule has 1 atom stereocenters. The Bertz CT molecular complexity index is 876. The minimum absolute atomic E-state index is 0.0424. The molecule has 0 aliphatic carbocycles. The normalized spacial score (nSPS) is 22.0. The second-order valence-corrected chi connectivity index (χ2v) is 9.25. The molecule has 3 aliphatic heterocycles. The molecule has 1 spiro atoms. The van der Waals surface area contributed by atoms with E-state index in [1.807, 2.05) is 4.90 Å². The van der Waals surface area contributed by atoms with Crippen molar-refractivity contribution in [2.45, 2.75) is 31.5 Å². The Hall–Kier alpha value is -2.57. The zero-order valence-corrected chi connectivity index (χ0v) is 20.5. The van der Waals surface area contributed by atoms with Crippen LogP contribution in [-0.4, -0.2) is 106 Å². The summed E-state index contributed by atoms with van der Waals surface area (Å²) < 4.78 is 54.0. The number of carboxylic acid groups (broad SMARTS) is 1. The van der Waals surface area contributed by atoms with Crippen molar-refractivity contribution in [3.05, 3.63) is 23.8 Å². The van der Waals surface area contributed by atoms with Crippen molar-refractivity contribution in [3.63, 3.8) is 0 Å². The average molecular weight is 519 g/mol. The highest BCUT2D eigenvalue weighted by atomic mass is 19.4. The molecule has 36 heavy (non-hydrogen) atoms. The second-order valence-electron chi connectivity index (χ2n) is 9.25. The molecule has 3 aliphatic rings. The third-order valence-electron chi connectivity index (χ3n) is 6.80. The van der Waals surface area contributed by atoms with Crippen LogP contribution >= 0.6 is 0 Å². The minimum atomic E-state index is -5.08. The molecular formula is C24H33F3N2O7. The third kappa shape index (κ3) is 7.47. The van der Waals surface area contributed by atoms with Gasteiger partial charge in [0, 0.05) is 44.4 Å². The van der Waals surface area contributed by atoms with Crippen molar-refractivity contribution in [2.24, 2.45) is 5.41 Å². The lowest BCUT2D eigenvalue weighted by Gasteiger charge is -2.38. The topological polar surface area (TPSA) is 97.8 Å². The molecule has 9 nitrogen and oxygen atoms in total. The first-order chi connectivity index (χ1) is 17.0. The average Bonchev–Trinajstić information content (AvgIpc) is 3.25. The van der Waals surface area contributed by atoms with Crippen molar-refractivity contribution in [3.8, 4) is 11.5 Å². The molecule has 3 saturated heterocycles. The molecule has 0 bridgehead atoms. The van der Waals surface area contributed by atoms with Crippen LogP contribution in [0.1, 0.15) is 29.6 Å². The smallest absolute Gasteiger partial charge is 0.490 e. The lowest BCUT2D eigenvalue weighted by atomic mass is 9.76. The standard InChI is InChI=1S/C22H32N2O5.C2HF3O2/c1-26-18-11-17(12-19(13-18)27-2)21(25)24-5-3-22(4-6-24)14-20(29-16-22)15-23-7-9-28-10-8-23;3-2(4,5)1(6)7/h11-13,20H,3-10,14-16H2,1-2H3;(H,6,7). The van der Waals surface area contributed by atoms with Crippen LogP contribution in [0.15, 0.2) is 18.2 Å². The molecule has 3 fully saturated rings. The van der Waals surface area contributed by atoms with Gasteiger partial charge in [-0.3, -0.25) is 9.69 Å². The lowest BCUT2D eigenvalue weighted by Crippen LogP contribution is -2.44. The second kappa shape index (κ2) is 12.1. The number of methoxy groups -OCH3 is 2. The number of carboxylic acids is 1. The highest BCUT2D eigenvalue weighted by Crippen LogP contribution is 2.42. The fraction of sp³-hybridized carbons (Fsp3) is 0.667. The third-order valence-corrected chi connectivity index (χ3v) is 6.80. The maximum atomic E-state index is 13.0. The van der Waals surface area contributed by atoms with Crippen LogP contribution < -0.4 is 9.47 Å². The summed E-state index contributed by atoms with van der Waals surface area (Å²) in [5.74, 6) is -1.44. The van der Waals surface area contributed by atoms with Crippen LogP contribution in [0.25, 0.3) is 0 Å². The van der Waals surface area contributed by atoms with Gasteiger partial charge in [-0.1, -0.05) is 0 Å². The van der Waals surface area contributed by atoms with E-state index in [0.717, 1.165) is 71.8 Å². The first-order valence-electron chi connectivity index (χ1n) is 11.8. The van der Waals surface area contributed by atoms with E-state index in [0.29, 0.717) is 23.2 Å². The number of ether oxygens (including phenoxy) is 4. The van der Waals surface area contributed by atoms with Crippen LogP contribution in [0.4, 0.5) is 13.2 Å². The van der Waals surface area contributed by atoms with Gasteiger partial charge in [0.2, 0.25) is 0 Å². The summed E-state index contributed by atoms with van der Waals surface area (Å²) in [6.07, 6.45) is -1.68. The summed E-state index contributed by atoms with van der Waals surface area (Å²) in [4.78, 5) is 26.3. The first kappa shape index (κ1) is 28.0. The number of carbonyl (C=O) groups excluding carboxylic acids is 1. The van der Waals surface area contributed by atoms with Gasteiger partial charge in [-0.05, 0) is 36.8 Å². The molecule has 4 rings (SSSR count). The van der Waals surface area contributed by atoms with E-state index in [1.165, 1.54) is 0 Å². The number of hydrogen-bond acceptors (Lipinski definition) is 7. The maximum Gasteiger partial charge on any atom is 0.490 e. The van der Waals surface area contributed by atoms with Crippen LogP contribution in [-0.2, 0) is 14.3 Å². The van der Waals surface area contributed by atoms with E-state index in [1.54, 1.807) is 32.4 Å². The SMILES string of the molecule is COc1cc(OC)cc(C(=O)N2CCC3(CC2)COC(CN2CCOCC2)C3)c1.O=C(O)C(F)(F)F. The molecule has 202 valence electrons. The molecule has 1 amide bonds. The summed E-state index contributed by atoms with van der Waals surface area (Å²) in [6.45, 7) is 7.00. The summed E-state index contributed by atoms with van der Waals surface area (Å²) in [5.41, 5.74) is 0.838. The molecule has 1 aromatic rings. The van der Waals surface area contributed by atoms with Crippen LogP contribution in [0.3, 0.4) is 0 Å². The summed E-state index contributed by atoms with van der Waals surface area (Å²) in [7, 11) is 3.20. The van der Waals surface area contributed by atoms with Gasteiger partial charge in [-0.15, -0.1) is 0 Å². The zero-order valence-electron chi connectivity index (χ0n) is 20.5. The van der Waals surface area contributed by atoms with Crippen molar-refractivity contribution in [1.29, 1.82) is 0 Å². The van der Waals surface area contributed by atoms with Crippen LogP contribution in [0, 0.1) is 5.41 Å². The number of benzene rings is 1. The Morgan fingerprint density at radius 3 is 2.11 bits per heavy atom. The number of carbonyl (C=O) groups is 2. The molecular weight excluding hydrogens is 485 g/mol. The number of nitrogens with zero attached hydrogens (tertiary/aromatic N) is 2. The molecule has 0 aromatic heterocycles. The number of likely N-dealkylation sites (tertiary alicyclic amines) is 1. The van der Waals surface area contributed by atoms with Gasteiger partial charge in [0.05, 0.1) is 40.1 Å². The Balaban J connectivity index is 0.000000454. The molecule has 1 unspecified atom stereocenters. The predicted octanol–water partition coefficient (Wildman–Crippen LogP) is 2.68. The van der Waals surface area contributed by atoms with Gasteiger partial charge < -0.3 is 29.0 Å². The summed E-state index contributed by atoms with van der Waals surface area (Å²) in [5, 5.41) is 7.12. The number of aliphatic carboxylic acids is 1. The Kier molecular flexibility index (Phi) is 9.42. The highest BCUT2D eigenvalue weighted by Gasteiger charge is 2.43. The van der Waals surface area contributed by atoms with Gasteiger partial charge in [0.1, 0.15) is 11.5 Å². The van der Waals surface area contributed by atoms with E-state index < -0.39 is 12.1 Å². The number of morpholine rings is 1. The summed E-state index contributed by atoms with van der Waals surface area (Å²) in [6, 6.07) is 5.35. The largest absolute Gasteiger partial charge is 0.497 e. The summed E-state index contributed by atoms with van der Waals surface area (Å²) >= 11 is 0. The van der Waals surface area contributed by atoms with Gasteiger partial charge in [-0.2, -0.15) is 13.2 Å². The molecule has 1 N–H and O–H groups in total. The van der Waals surface area contributed by atoms with E-state index in [4.69, 9.17) is 28.8 Å². The van der Waals surface area contributed by atoms with E-state index in [-0.39, 0.29) is 11.3 Å². The number of rotatable bonds is 5. The number of piperidine rings is 1. The van der Waals surface area contributed by atoms with Crippen molar-refractivity contribution in [2.75, 3.05) is 66.8 Å². The minimum Gasteiger partial charge on any atom is -0.497 e. The quantitative estimate of drug-likeness (QED) is 0.636. The maximum absolute atomic E-state index is 13.0. The fourth-order valence-electron chi connectivity index (χ4n) is 4.73. The van der Waals surface area contributed by atoms with Crippen molar-refractivity contribution in [1.82, 2.24) is 9.80 Å². The predicted molar refractivity (Wildman–Crippen MR) is 122 cm³/mol. The Labute approximate surface area is 208 Å². The first-order valence-corrected chi connectivity index (χ1v) is 11.8. The monoisotopic (exact) mass is 518 g/mol. The fourth-order valence-corrected chi connectivity index (χ4v) is 4.73. The van der Waals surface area contributed by atoms with E-state index in [2.05, 4.69) is 4.90 Å². The molecule has 0 radical (unpaired) electrons. The van der Waals surface area contributed by atoms with Crippen LogP contribution in [0.5, 0.6) is 11.5 Å². The zero-order chi connectivity index (χ0) is 26.3. The molecule has 0 saturated carbocycles. The van der Waals surface area contributed by atoms with Crippen molar-refractivity contribution >= 4 is 11.9 Å². The molecule has 1 aromatic carbocycles. The Morgan fingerprint density at radius 2 is 1.61 bits per heavy atom. The van der Waals surface area contributed by atoms with E-state index in [9.17, 15) is 18.0 Å². The Morgan fingerprint density at radius 1 is 1.06 bits per heavy atom. The number of amides is 1. The van der Waals surface area contributed by atoms with Gasteiger partial charge in [0.25, 0.3) is 5.91 Å². The molecule has 12 heteroatoms.